The normalized spacial score (nSPS) is 16.6. The Balaban J connectivity index is 1.47. The number of amides is 1. The topological polar surface area (TPSA) is 75.7 Å². The Bertz CT molecular complexity index is 998. The maximum Gasteiger partial charge on any atom is 0.223 e. The number of sulfonamides is 1. The summed E-state index contributed by atoms with van der Waals surface area (Å²) < 4.78 is 33.0. The van der Waals surface area contributed by atoms with E-state index < -0.39 is 10.0 Å². The van der Waals surface area contributed by atoms with E-state index in [9.17, 15) is 13.2 Å². The minimum atomic E-state index is -3.39. The van der Waals surface area contributed by atoms with Crippen LogP contribution in [0.4, 0.5) is 0 Å². The van der Waals surface area contributed by atoms with Gasteiger partial charge in [0.1, 0.15) is 12.4 Å². The van der Waals surface area contributed by atoms with Gasteiger partial charge in [-0.05, 0) is 56.4 Å². The van der Waals surface area contributed by atoms with E-state index in [1.54, 1.807) is 0 Å². The van der Waals surface area contributed by atoms with Crippen molar-refractivity contribution in [2.75, 3.05) is 19.7 Å². The summed E-state index contributed by atoms with van der Waals surface area (Å²) in [4.78, 5) is 12.6. The van der Waals surface area contributed by atoms with Crippen LogP contribution in [-0.4, -0.2) is 44.4 Å². The molecule has 1 aliphatic rings. The van der Waals surface area contributed by atoms with Crippen molar-refractivity contribution in [2.24, 2.45) is 5.92 Å². The number of benzene rings is 2. The van der Waals surface area contributed by atoms with Crippen LogP contribution in [0.1, 0.15) is 36.5 Å². The summed E-state index contributed by atoms with van der Waals surface area (Å²) in [6.45, 7) is 6.96. The summed E-state index contributed by atoms with van der Waals surface area (Å²) in [6, 6.07) is 15.2. The number of aryl methyl sites for hydroxylation is 2. The highest BCUT2D eigenvalue weighted by molar-refractivity contribution is 7.88. The van der Waals surface area contributed by atoms with Crippen LogP contribution in [0, 0.1) is 19.8 Å². The van der Waals surface area contributed by atoms with Crippen LogP contribution in [0.15, 0.2) is 48.5 Å². The Morgan fingerprint density at radius 3 is 2.32 bits per heavy atom. The second-order valence-electron chi connectivity index (χ2n) is 8.34. The number of ether oxygens (including phenoxy) is 1. The Labute approximate surface area is 185 Å². The second-order valence-corrected chi connectivity index (χ2v) is 10.3. The molecule has 0 aliphatic carbocycles. The summed E-state index contributed by atoms with van der Waals surface area (Å²) in [5.41, 5.74) is 2.85. The van der Waals surface area contributed by atoms with E-state index in [2.05, 4.69) is 5.32 Å². The lowest BCUT2D eigenvalue weighted by molar-refractivity contribution is -0.126. The Morgan fingerprint density at radius 1 is 1.06 bits per heavy atom. The Hall–Kier alpha value is -2.38. The largest absolute Gasteiger partial charge is 0.491 e. The fourth-order valence-corrected chi connectivity index (χ4v) is 5.46. The van der Waals surface area contributed by atoms with Gasteiger partial charge in [-0.15, -0.1) is 0 Å². The second kappa shape index (κ2) is 10.3. The van der Waals surface area contributed by atoms with Crippen molar-refractivity contribution in [1.29, 1.82) is 0 Å². The zero-order valence-corrected chi connectivity index (χ0v) is 19.3. The average molecular weight is 445 g/mol. The molecule has 1 fully saturated rings. The smallest absolute Gasteiger partial charge is 0.223 e. The molecule has 168 valence electrons. The molecule has 0 saturated carbocycles. The Kier molecular flexibility index (Phi) is 7.73. The van der Waals surface area contributed by atoms with Crippen molar-refractivity contribution in [3.63, 3.8) is 0 Å². The first-order valence-corrected chi connectivity index (χ1v) is 12.4. The van der Waals surface area contributed by atoms with Gasteiger partial charge in [-0.1, -0.05) is 42.5 Å². The number of piperidine rings is 1. The molecular formula is C24H32N2O4S. The molecule has 7 heteroatoms. The molecule has 1 saturated heterocycles. The molecule has 0 spiro atoms. The molecule has 0 aromatic heterocycles. The monoisotopic (exact) mass is 444 g/mol. The quantitative estimate of drug-likeness (QED) is 0.677. The summed E-state index contributed by atoms with van der Waals surface area (Å²) >= 11 is 0. The molecule has 1 unspecified atom stereocenters. The third-order valence-electron chi connectivity index (χ3n) is 5.79. The average Bonchev–Trinajstić information content (AvgIpc) is 2.75. The molecule has 1 atom stereocenters. The van der Waals surface area contributed by atoms with Crippen molar-refractivity contribution < 1.29 is 17.9 Å². The van der Waals surface area contributed by atoms with Gasteiger partial charge in [0, 0.05) is 19.0 Å². The third kappa shape index (κ3) is 6.31. The van der Waals surface area contributed by atoms with Crippen LogP contribution in [0.5, 0.6) is 5.75 Å². The first-order valence-electron chi connectivity index (χ1n) is 10.8. The van der Waals surface area contributed by atoms with Gasteiger partial charge in [-0.25, -0.2) is 12.7 Å². The highest BCUT2D eigenvalue weighted by Crippen LogP contribution is 2.23. The van der Waals surface area contributed by atoms with Crippen molar-refractivity contribution in [3.05, 3.63) is 65.2 Å². The van der Waals surface area contributed by atoms with Crippen molar-refractivity contribution in [3.8, 4) is 5.75 Å². The lowest BCUT2D eigenvalue weighted by atomic mass is 9.97. The van der Waals surface area contributed by atoms with E-state index in [4.69, 9.17) is 4.74 Å². The first kappa shape index (κ1) is 23.3. The van der Waals surface area contributed by atoms with E-state index in [-0.39, 0.29) is 23.6 Å². The van der Waals surface area contributed by atoms with E-state index in [0.29, 0.717) is 32.5 Å². The Morgan fingerprint density at radius 2 is 1.68 bits per heavy atom. The van der Waals surface area contributed by atoms with E-state index in [0.717, 1.165) is 22.4 Å². The van der Waals surface area contributed by atoms with Crippen LogP contribution in [-0.2, 0) is 20.6 Å². The summed E-state index contributed by atoms with van der Waals surface area (Å²) in [7, 11) is -3.39. The molecule has 2 aromatic rings. The highest BCUT2D eigenvalue weighted by atomic mass is 32.2. The third-order valence-corrected chi connectivity index (χ3v) is 7.62. The first-order chi connectivity index (χ1) is 14.8. The zero-order valence-electron chi connectivity index (χ0n) is 18.5. The fourth-order valence-electron chi connectivity index (χ4n) is 3.79. The molecule has 1 amide bonds. The number of hydrogen-bond donors (Lipinski definition) is 1. The summed E-state index contributed by atoms with van der Waals surface area (Å²) in [5, 5.41) is 3.01. The van der Waals surface area contributed by atoms with Crippen LogP contribution in [0.25, 0.3) is 0 Å². The van der Waals surface area contributed by atoms with Crippen molar-refractivity contribution in [1.82, 2.24) is 9.62 Å². The number of nitrogens with one attached hydrogen (secondary N) is 1. The molecule has 3 rings (SSSR count). The number of carbonyl (C=O) groups excluding carboxylic acids is 1. The van der Waals surface area contributed by atoms with Gasteiger partial charge < -0.3 is 10.1 Å². The van der Waals surface area contributed by atoms with Gasteiger partial charge in [0.05, 0.1) is 11.8 Å². The molecule has 31 heavy (non-hydrogen) atoms. The van der Waals surface area contributed by atoms with Gasteiger partial charge in [0.2, 0.25) is 15.9 Å². The lowest BCUT2D eigenvalue weighted by Gasteiger charge is -2.31. The molecule has 1 N–H and O–H groups in total. The van der Waals surface area contributed by atoms with Crippen LogP contribution in [0.2, 0.25) is 0 Å². The van der Waals surface area contributed by atoms with E-state index in [1.165, 1.54) is 4.31 Å². The molecule has 0 bridgehead atoms. The van der Waals surface area contributed by atoms with Crippen LogP contribution >= 0.6 is 0 Å². The predicted molar refractivity (Wildman–Crippen MR) is 122 cm³/mol. The van der Waals surface area contributed by atoms with Gasteiger partial charge in [-0.2, -0.15) is 0 Å². The molecule has 1 aliphatic heterocycles. The highest BCUT2D eigenvalue weighted by Gasteiger charge is 2.31. The zero-order chi connectivity index (χ0) is 22.4. The number of hydrogen-bond acceptors (Lipinski definition) is 4. The maximum absolute atomic E-state index is 12.8. The number of rotatable bonds is 8. The fraction of sp³-hybridized carbons (Fsp3) is 0.458. The standard InChI is InChI=1S/C24H32N2O4S/c1-18-8-4-6-10-22(18)17-31(28,29)26-14-12-21(13-15-26)24(27)25-20(3)16-30-23-11-7-5-9-19(23)2/h4-11,20-21H,12-17H2,1-3H3,(H,25,27). The summed E-state index contributed by atoms with van der Waals surface area (Å²) in [6.07, 6.45) is 1.06. The minimum Gasteiger partial charge on any atom is -0.491 e. The number of nitrogens with zero attached hydrogens (tertiary/aromatic N) is 1. The molecule has 2 aromatic carbocycles. The minimum absolute atomic E-state index is 0.00378. The van der Waals surface area contributed by atoms with E-state index >= 15 is 0 Å². The number of carbonyl (C=O) groups is 1. The molecule has 1 heterocycles. The molecular weight excluding hydrogens is 412 g/mol. The van der Waals surface area contributed by atoms with E-state index in [1.807, 2.05) is 69.3 Å². The maximum atomic E-state index is 12.8. The molecule has 0 radical (unpaired) electrons. The summed E-state index contributed by atoms with van der Waals surface area (Å²) in [5.74, 6) is 0.613. The molecule has 6 nitrogen and oxygen atoms in total. The van der Waals surface area contributed by atoms with Crippen LogP contribution in [0.3, 0.4) is 0 Å². The van der Waals surface area contributed by atoms with Gasteiger partial charge in [0.15, 0.2) is 0 Å². The predicted octanol–water partition coefficient (Wildman–Crippen LogP) is 3.43. The van der Waals surface area contributed by atoms with Crippen molar-refractivity contribution >= 4 is 15.9 Å². The van der Waals surface area contributed by atoms with Gasteiger partial charge in [-0.3, -0.25) is 4.79 Å². The van der Waals surface area contributed by atoms with Crippen molar-refractivity contribution in [2.45, 2.75) is 45.4 Å². The number of para-hydroxylation sites is 1. The van der Waals surface area contributed by atoms with Gasteiger partial charge >= 0.3 is 0 Å². The SMILES string of the molecule is Cc1ccccc1CS(=O)(=O)N1CCC(C(=O)NC(C)COc2ccccc2C)CC1. The lowest BCUT2D eigenvalue weighted by Crippen LogP contribution is -2.46. The van der Waals surface area contributed by atoms with Gasteiger partial charge in [0.25, 0.3) is 0 Å². The van der Waals surface area contributed by atoms with Crippen LogP contribution < -0.4 is 10.1 Å².